The summed E-state index contributed by atoms with van der Waals surface area (Å²) < 4.78 is 0. The van der Waals surface area contributed by atoms with Gasteiger partial charge in [0.1, 0.15) is 0 Å². The maximum atomic E-state index is 10.1. The molecule has 0 rings (SSSR count). The number of carbonyl (C=O) groups is 2. The van der Waals surface area contributed by atoms with E-state index in [1.54, 1.807) is 0 Å². The molecule has 2 N–H and O–H groups in total. The van der Waals surface area contributed by atoms with Crippen LogP contribution in [-0.2, 0) is 9.59 Å². The molecule has 0 saturated heterocycles. The molecule has 0 spiro atoms. The Balaban J connectivity index is 4.12. The van der Waals surface area contributed by atoms with E-state index >= 15 is 0 Å². The van der Waals surface area contributed by atoms with E-state index in [4.69, 9.17) is 10.2 Å². The van der Waals surface area contributed by atoms with E-state index in [1.165, 1.54) is 0 Å². The van der Waals surface area contributed by atoms with Gasteiger partial charge in [-0.1, -0.05) is 0 Å². The average molecular weight is 162 g/mol. The number of hydrogen-bond acceptors (Lipinski definition) is 3. The van der Waals surface area contributed by atoms with Gasteiger partial charge in [-0.15, -0.1) is 0 Å². The van der Waals surface area contributed by atoms with Gasteiger partial charge < -0.3 is 10.2 Å². The summed E-state index contributed by atoms with van der Waals surface area (Å²) in [6.45, 7) is 0. The third kappa shape index (κ3) is 3.13. The summed E-state index contributed by atoms with van der Waals surface area (Å²) in [5.41, 5.74) is -0.226. The smallest absolute Gasteiger partial charge is 0.332 e. The Bertz CT molecular complexity index is 184. The van der Waals surface area contributed by atoms with Crippen molar-refractivity contribution in [2.45, 2.75) is 6.42 Å². The molecule has 0 aromatic rings. The second-order valence-corrected chi connectivity index (χ2v) is 1.79. The van der Waals surface area contributed by atoms with Crippen LogP contribution in [0.15, 0.2) is 11.0 Å². The molecule has 0 heterocycles. The van der Waals surface area contributed by atoms with Crippen LogP contribution < -0.4 is 0 Å². The predicted octanol–water partition coefficient (Wildman–Crippen LogP) is 0.359. The van der Waals surface area contributed by atoms with Crippen LogP contribution in [0, 0.1) is 0 Å². The first-order chi connectivity index (χ1) is 4.57. The second-order valence-electron chi connectivity index (χ2n) is 1.53. The highest BCUT2D eigenvalue weighted by molar-refractivity contribution is 7.83. The highest BCUT2D eigenvalue weighted by Gasteiger charge is 2.09. The Morgan fingerprint density at radius 1 is 1.40 bits per heavy atom. The number of carboxylic acid groups (broad SMARTS) is 2. The first-order valence-electron chi connectivity index (χ1n) is 2.36. The molecule has 0 aliphatic heterocycles. The van der Waals surface area contributed by atoms with Crippen molar-refractivity contribution < 1.29 is 19.8 Å². The molecule has 0 radical (unpaired) electrons. The quantitative estimate of drug-likeness (QED) is 0.413. The van der Waals surface area contributed by atoms with Crippen LogP contribution in [0.1, 0.15) is 6.42 Å². The SMILES string of the molecule is O=C(O)CC(=CS)C(=O)O. The third-order valence-electron chi connectivity index (χ3n) is 0.772. The van der Waals surface area contributed by atoms with Gasteiger partial charge in [-0.25, -0.2) is 4.79 Å². The molecule has 0 aliphatic carbocycles. The molecule has 4 nitrogen and oxygen atoms in total. The van der Waals surface area contributed by atoms with Gasteiger partial charge in [-0.3, -0.25) is 4.79 Å². The molecule has 0 saturated carbocycles. The number of carboxylic acids is 2. The van der Waals surface area contributed by atoms with E-state index in [-0.39, 0.29) is 5.57 Å². The maximum absolute atomic E-state index is 10.1. The minimum absolute atomic E-state index is 0.226. The van der Waals surface area contributed by atoms with Crippen LogP contribution in [-0.4, -0.2) is 22.2 Å². The van der Waals surface area contributed by atoms with Gasteiger partial charge >= 0.3 is 11.9 Å². The fraction of sp³-hybridized carbons (Fsp3) is 0.200. The molecule has 0 atom stereocenters. The van der Waals surface area contributed by atoms with E-state index in [9.17, 15) is 9.59 Å². The molecule has 0 bridgehead atoms. The average Bonchev–Trinajstić information content (AvgIpc) is 1.81. The van der Waals surface area contributed by atoms with E-state index in [0.29, 0.717) is 0 Å². The largest absolute Gasteiger partial charge is 0.481 e. The van der Waals surface area contributed by atoms with E-state index in [2.05, 4.69) is 12.6 Å². The summed E-state index contributed by atoms with van der Waals surface area (Å²) in [4.78, 5) is 20.0. The Hall–Kier alpha value is -0.970. The molecule has 0 aliphatic rings. The number of hydrogen-bond donors (Lipinski definition) is 3. The topological polar surface area (TPSA) is 74.6 Å². The number of thiol groups is 1. The molecule has 5 heteroatoms. The summed E-state index contributed by atoms with van der Waals surface area (Å²) in [5.74, 6) is -2.43. The third-order valence-corrected chi connectivity index (χ3v) is 1.08. The molecular formula is C5H6O4S. The van der Waals surface area contributed by atoms with Gasteiger partial charge in [0.15, 0.2) is 0 Å². The summed E-state index contributed by atoms with van der Waals surface area (Å²) in [6.07, 6.45) is -0.501. The molecule has 0 aromatic carbocycles. The lowest BCUT2D eigenvalue weighted by Crippen LogP contribution is -2.05. The van der Waals surface area contributed by atoms with E-state index in [1.807, 2.05) is 0 Å². The zero-order valence-electron chi connectivity index (χ0n) is 4.94. The lowest BCUT2D eigenvalue weighted by molar-refractivity contribution is -0.139. The maximum Gasteiger partial charge on any atom is 0.332 e. The van der Waals surface area contributed by atoms with Gasteiger partial charge in [-0.05, 0) is 5.41 Å². The van der Waals surface area contributed by atoms with Gasteiger partial charge in [0.2, 0.25) is 0 Å². The molecule has 0 fully saturated rings. The molecule has 56 valence electrons. The lowest BCUT2D eigenvalue weighted by Gasteiger charge is -1.93. The fourth-order valence-electron chi connectivity index (χ4n) is 0.339. The summed E-state index contributed by atoms with van der Waals surface area (Å²) >= 11 is 3.52. The summed E-state index contributed by atoms with van der Waals surface area (Å²) in [5, 5.41) is 17.3. The summed E-state index contributed by atoms with van der Waals surface area (Å²) in [7, 11) is 0. The molecule has 0 amide bonds. The van der Waals surface area contributed by atoms with Crippen molar-refractivity contribution in [1.82, 2.24) is 0 Å². The van der Waals surface area contributed by atoms with E-state index in [0.717, 1.165) is 5.41 Å². The van der Waals surface area contributed by atoms with E-state index < -0.39 is 18.4 Å². The normalized spacial score (nSPS) is 11.1. The van der Waals surface area contributed by atoms with Crippen molar-refractivity contribution in [2.24, 2.45) is 0 Å². The zero-order chi connectivity index (χ0) is 8.15. The Morgan fingerprint density at radius 3 is 2.00 bits per heavy atom. The van der Waals surface area contributed by atoms with Gasteiger partial charge in [-0.2, -0.15) is 12.6 Å². The zero-order valence-corrected chi connectivity index (χ0v) is 5.84. The summed E-state index contributed by atoms with van der Waals surface area (Å²) in [6, 6.07) is 0. The minimum atomic E-state index is -1.25. The fourth-order valence-corrected chi connectivity index (χ4v) is 0.541. The first-order valence-corrected chi connectivity index (χ1v) is 2.88. The first kappa shape index (κ1) is 9.03. The molecule has 10 heavy (non-hydrogen) atoms. The van der Waals surface area contributed by atoms with Crippen molar-refractivity contribution in [3.63, 3.8) is 0 Å². The minimum Gasteiger partial charge on any atom is -0.481 e. The van der Waals surface area contributed by atoms with Crippen LogP contribution in [0.5, 0.6) is 0 Å². The van der Waals surface area contributed by atoms with Crippen molar-refractivity contribution in [3.05, 3.63) is 11.0 Å². The number of aliphatic carboxylic acids is 2. The second kappa shape index (κ2) is 3.94. The molecule has 0 aromatic heterocycles. The lowest BCUT2D eigenvalue weighted by atomic mass is 10.2. The van der Waals surface area contributed by atoms with Crippen molar-refractivity contribution >= 4 is 24.6 Å². The van der Waals surface area contributed by atoms with Crippen LogP contribution in [0.2, 0.25) is 0 Å². The monoisotopic (exact) mass is 162 g/mol. The van der Waals surface area contributed by atoms with Gasteiger partial charge in [0, 0.05) is 0 Å². The van der Waals surface area contributed by atoms with Gasteiger partial charge in [0.25, 0.3) is 0 Å². The Morgan fingerprint density at radius 2 is 1.90 bits per heavy atom. The Labute approximate surface area is 62.6 Å². The number of rotatable bonds is 3. The van der Waals surface area contributed by atoms with Crippen LogP contribution in [0.4, 0.5) is 0 Å². The van der Waals surface area contributed by atoms with Crippen LogP contribution >= 0.6 is 12.6 Å². The van der Waals surface area contributed by atoms with Crippen LogP contribution in [0.25, 0.3) is 0 Å². The predicted molar refractivity (Wildman–Crippen MR) is 37.0 cm³/mol. The molecular weight excluding hydrogens is 156 g/mol. The van der Waals surface area contributed by atoms with Crippen LogP contribution in [0.3, 0.4) is 0 Å². The van der Waals surface area contributed by atoms with Gasteiger partial charge in [0.05, 0.1) is 12.0 Å². The van der Waals surface area contributed by atoms with Crippen molar-refractivity contribution in [3.8, 4) is 0 Å². The van der Waals surface area contributed by atoms with Crippen molar-refractivity contribution in [2.75, 3.05) is 0 Å². The highest BCUT2D eigenvalue weighted by atomic mass is 32.1. The standard InChI is InChI=1S/C5H6O4S/c6-4(7)1-3(2-10)5(8)9/h2,10H,1H2,(H,6,7)(H,8,9). The highest BCUT2D eigenvalue weighted by Crippen LogP contribution is 2.02. The Kier molecular flexibility index (Phi) is 3.56. The van der Waals surface area contributed by atoms with Crippen molar-refractivity contribution in [1.29, 1.82) is 0 Å². The molecule has 0 unspecified atom stereocenters.